The molecular weight excluding hydrogens is 823 g/mol. The number of hydrogen-bond donors (Lipinski definition) is 0. The van der Waals surface area contributed by atoms with Crippen LogP contribution in [0.25, 0.3) is 0 Å². The van der Waals surface area contributed by atoms with Gasteiger partial charge < -0.3 is 28.7 Å². The summed E-state index contributed by atoms with van der Waals surface area (Å²) in [6, 6.07) is 9.34. The highest BCUT2D eigenvalue weighted by Crippen LogP contribution is 2.70. The first-order valence-electron chi connectivity index (χ1n) is 18.2. The number of nitrogens with zero attached hydrogens (tertiary/aromatic N) is 2. The van der Waals surface area contributed by atoms with Crippen LogP contribution in [0.2, 0.25) is 0 Å². The normalized spacial score (nSPS) is 33.7. The Morgan fingerprint density at radius 1 is 0.621 bits per heavy atom. The Morgan fingerprint density at radius 3 is 1.28 bits per heavy atom. The van der Waals surface area contributed by atoms with E-state index in [9.17, 15) is 55.1 Å². The number of Topliss-reactive ketones (excluding diaryl/α,β-unsaturated/α-hetero) is 2. The summed E-state index contributed by atoms with van der Waals surface area (Å²) in [7, 11) is 3.24. The molecule has 20 heteroatoms. The quantitative estimate of drug-likeness (QED) is 0.201. The van der Waals surface area contributed by atoms with Crippen molar-refractivity contribution in [3.05, 3.63) is 71.8 Å². The summed E-state index contributed by atoms with van der Waals surface area (Å²) < 4.78 is 110. The summed E-state index contributed by atoms with van der Waals surface area (Å²) in [5, 5.41) is 0. The molecule has 2 aromatic carbocycles. The van der Waals surface area contributed by atoms with E-state index < -0.39 is 116 Å². The number of rotatable bonds is 8. The lowest BCUT2D eigenvalue weighted by Gasteiger charge is -2.59. The highest BCUT2D eigenvalue weighted by atomic mass is 33.1. The number of methoxy groups -OCH3 is 2. The second-order valence-corrected chi connectivity index (χ2v) is 17.8. The molecule has 0 radical (unpaired) electrons. The van der Waals surface area contributed by atoms with Crippen molar-refractivity contribution in [3.63, 3.8) is 0 Å². The van der Waals surface area contributed by atoms with E-state index in [4.69, 9.17) is 18.9 Å². The van der Waals surface area contributed by atoms with E-state index in [1.54, 1.807) is 0 Å². The Kier molecular flexibility index (Phi) is 9.60. The first-order valence-corrected chi connectivity index (χ1v) is 20.4. The smallest absolute Gasteiger partial charge is 0.432 e. The van der Waals surface area contributed by atoms with E-state index in [2.05, 4.69) is 0 Å². The summed E-state index contributed by atoms with van der Waals surface area (Å²) in [4.78, 5) is 83.1. The summed E-state index contributed by atoms with van der Waals surface area (Å²) >= 11 is 0. The van der Waals surface area contributed by atoms with Gasteiger partial charge in [0.05, 0.1) is 12.1 Å². The first kappa shape index (κ1) is 40.6. The van der Waals surface area contributed by atoms with E-state index >= 15 is 0 Å². The van der Waals surface area contributed by atoms with Gasteiger partial charge in [0.1, 0.15) is 23.8 Å². The van der Waals surface area contributed by atoms with Crippen LogP contribution in [0.3, 0.4) is 0 Å². The highest BCUT2D eigenvalue weighted by Gasteiger charge is 2.81. The molecule has 0 aromatic heterocycles. The molecule has 0 unspecified atom stereocenters. The van der Waals surface area contributed by atoms with Crippen molar-refractivity contribution in [1.82, 2.24) is 9.80 Å². The lowest BCUT2D eigenvalue weighted by Crippen LogP contribution is -2.77. The summed E-state index contributed by atoms with van der Waals surface area (Å²) in [5.74, 6) is -8.47. The van der Waals surface area contributed by atoms with Crippen molar-refractivity contribution in [2.45, 2.75) is 96.1 Å². The van der Waals surface area contributed by atoms with Gasteiger partial charge in [-0.05, 0) is 12.8 Å². The largest absolute Gasteiger partial charge is 0.457 e. The van der Waals surface area contributed by atoms with E-state index in [1.165, 1.54) is 36.4 Å². The summed E-state index contributed by atoms with van der Waals surface area (Å²) in [6.07, 6.45) is -15.4. The van der Waals surface area contributed by atoms with Crippen LogP contribution in [0, 0.1) is 11.8 Å². The van der Waals surface area contributed by atoms with Crippen LogP contribution >= 0.6 is 21.6 Å². The molecule has 9 rings (SSSR count). The number of ketones is 2. The van der Waals surface area contributed by atoms with Gasteiger partial charge in [0, 0.05) is 62.9 Å². The number of hydrogen-bond acceptors (Lipinski definition) is 12. The zero-order valence-electron chi connectivity index (χ0n) is 30.5. The Bertz CT molecular complexity index is 1930. The molecule has 2 bridgehead atoms. The highest BCUT2D eigenvalue weighted by molar-refractivity contribution is 8.78. The molecule has 0 N–H and O–H groups in total. The van der Waals surface area contributed by atoms with Gasteiger partial charge in [-0.25, -0.2) is 9.59 Å². The van der Waals surface area contributed by atoms with Crippen molar-refractivity contribution >= 4 is 56.9 Å². The third-order valence-electron chi connectivity index (χ3n) is 12.4. The third-order valence-corrected chi connectivity index (χ3v) is 16.0. The second-order valence-electron chi connectivity index (χ2n) is 15.1. The van der Waals surface area contributed by atoms with E-state index in [-0.39, 0.29) is 38.5 Å². The molecule has 10 atom stereocenters. The van der Waals surface area contributed by atoms with Crippen molar-refractivity contribution in [3.8, 4) is 0 Å². The minimum atomic E-state index is -5.33. The summed E-state index contributed by atoms with van der Waals surface area (Å²) in [5.41, 5.74) is -8.35. The maximum absolute atomic E-state index is 15.0. The molecule has 7 fully saturated rings. The fourth-order valence-electron chi connectivity index (χ4n) is 9.80. The Labute approximate surface area is 334 Å². The number of carbonyl (C=O) groups excluding carboxylic acids is 6. The average Bonchev–Trinajstić information content (AvgIpc) is 3.74. The predicted molar refractivity (Wildman–Crippen MR) is 189 cm³/mol. The van der Waals surface area contributed by atoms with Crippen molar-refractivity contribution in [1.29, 1.82) is 0 Å². The zero-order chi connectivity index (χ0) is 41.8. The van der Waals surface area contributed by atoms with Gasteiger partial charge in [-0.1, -0.05) is 82.3 Å². The molecule has 7 aliphatic rings. The molecule has 12 nitrogen and oxygen atoms in total. The van der Waals surface area contributed by atoms with Crippen molar-refractivity contribution in [2.24, 2.45) is 11.8 Å². The van der Waals surface area contributed by atoms with Gasteiger partial charge in [-0.3, -0.25) is 19.2 Å². The lowest BCUT2D eigenvalue weighted by atomic mass is 9.80. The molecule has 2 spiro atoms. The summed E-state index contributed by atoms with van der Waals surface area (Å²) in [6.45, 7) is 0. The SMILES string of the molecule is CO[C@](C(=O)O[C@H]1CCC(=O)[C@H]2C[C@@]34SS[C@]5(C[C@@H]6C(=O)CC[C@H](OC(=O)[C@@](OC)(c7ccccc7)C(F)(F)F)[C@@H]6N5C3=O)C(=O)N4[C@@H]12)(c1ccccc1)C(F)(F)F. The van der Waals surface area contributed by atoms with Crippen LogP contribution < -0.4 is 0 Å². The standard InChI is InChI=1S/C38H34F6N2O10S2/c1-53-35(37(39,40)41,19-9-5-3-6-10-19)31(51)55-25-15-13-23(47)21-17-33-30(50)46-28-22(18-34(46,58-57-33)29(49)45(33)27(21)25)24(48)14-16-26(28)56-32(52)36(54-2,38(42,43)44)20-11-7-4-8-12-20/h3-12,21-22,25-28H,13-18H2,1-2H3/t21-,22-,25+,26+,27-,28-,33-,34-,35+,36+/m1/s1. The van der Waals surface area contributed by atoms with Crippen LogP contribution in [0.5, 0.6) is 0 Å². The topological polar surface area (TPSA) is 146 Å². The molecule has 2 amide bonds. The van der Waals surface area contributed by atoms with Gasteiger partial charge in [0.2, 0.25) is 0 Å². The molecule has 5 saturated heterocycles. The van der Waals surface area contributed by atoms with Crippen LogP contribution in [-0.2, 0) is 58.9 Å². The predicted octanol–water partition coefficient (Wildman–Crippen LogP) is 4.98. The van der Waals surface area contributed by atoms with Gasteiger partial charge in [0.15, 0.2) is 9.74 Å². The van der Waals surface area contributed by atoms with E-state index in [1.807, 2.05) is 0 Å². The van der Waals surface area contributed by atoms with Crippen LogP contribution in [-0.4, -0.2) is 106 Å². The Balaban J connectivity index is 1.14. The lowest BCUT2D eigenvalue weighted by molar-refractivity contribution is -0.280. The number of benzene rings is 2. The number of esters is 2. The Hall–Kier alpha value is -4.14. The molecule has 2 aromatic rings. The number of ether oxygens (including phenoxy) is 4. The fourth-order valence-corrected chi connectivity index (χ4v) is 13.6. The minimum absolute atomic E-state index is 0.255. The molecule has 2 saturated carbocycles. The molecule has 2 aliphatic carbocycles. The number of amides is 2. The monoisotopic (exact) mass is 856 g/mol. The van der Waals surface area contributed by atoms with Gasteiger partial charge >= 0.3 is 24.3 Å². The van der Waals surface area contributed by atoms with Crippen LogP contribution in [0.4, 0.5) is 26.3 Å². The maximum Gasteiger partial charge on any atom is 0.432 e. The second kappa shape index (κ2) is 13.7. The zero-order valence-corrected chi connectivity index (χ0v) is 32.2. The molecular formula is C38H34F6N2O10S2. The minimum Gasteiger partial charge on any atom is -0.457 e. The average molecular weight is 857 g/mol. The number of fused-ring (bicyclic) bond motifs is 3. The Morgan fingerprint density at radius 2 is 0.966 bits per heavy atom. The number of piperazine rings is 1. The van der Waals surface area contributed by atoms with Crippen molar-refractivity contribution < 1.29 is 74.1 Å². The number of halogens is 6. The third kappa shape index (κ3) is 5.32. The van der Waals surface area contributed by atoms with Crippen LogP contribution in [0.1, 0.15) is 49.7 Å². The first-order chi connectivity index (χ1) is 27.4. The fraction of sp³-hybridized carbons (Fsp3) is 0.526. The van der Waals surface area contributed by atoms with Gasteiger partial charge in [-0.15, -0.1) is 0 Å². The molecule has 5 heterocycles. The van der Waals surface area contributed by atoms with Crippen molar-refractivity contribution in [2.75, 3.05) is 14.2 Å². The van der Waals surface area contributed by atoms with Crippen LogP contribution in [0.15, 0.2) is 60.7 Å². The number of alkyl halides is 6. The molecule has 5 aliphatic heterocycles. The van der Waals surface area contributed by atoms with Gasteiger partial charge in [-0.2, -0.15) is 26.3 Å². The van der Waals surface area contributed by atoms with E-state index in [0.29, 0.717) is 14.2 Å². The molecule has 310 valence electrons. The van der Waals surface area contributed by atoms with E-state index in [0.717, 1.165) is 55.7 Å². The van der Waals surface area contributed by atoms with Gasteiger partial charge in [0.25, 0.3) is 23.0 Å². The number of carbonyl (C=O) groups is 6. The maximum atomic E-state index is 15.0. The molecule has 58 heavy (non-hydrogen) atoms.